The van der Waals surface area contributed by atoms with E-state index in [-0.39, 0.29) is 22.8 Å². The maximum absolute atomic E-state index is 14.1. The normalized spacial score (nSPS) is 10.1. The molecule has 3 rings (SSSR count). The van der Waals surface area contributed by atoms with Crippen molar-refractivity contribution in [2.24, 2.45) is 0 Å². The Balaban J connectivity index is 1.92. The number of nitrogens with zero attached hydrogens (tertiary/aromatic N) is 2. The number of halogens is 1. The Morgan fingerprint density at radius 3 is 2.59 bits per heavy atom. The summed E-state index contributed by atoms with van der Waals surface area (Å²) >= 11 is 0. The number of benzene rings is 1. The molecular weight excluding hydrogens is 375 g/mol. The Kier molecular flexibility index (Phi) is 6.31. The van der Waals surface area contributed by atoms with Gasteiger partial charge in [0.2, 0.25) is 0 Å². The molecule has 3 aromatic rings. The molecule has 2 heterocycles. The summed E-state index contributed by atoms with van der Waals surface area (Å²) in [6.45, 7) is 2.22. The largest absolute Gasteiger partial charge is 0.352 e. The molecule has 4 N–H and O–H groups in total. The summed E-state index contributed by atoms with van der Waals surface area (Å²) in [5, 5.41) is 10.7. The number of amides is 3. The van der Waals surface area contributed by atoms with Gasteiger partial charge in [0, 0.05) is 25.0 Å². The zero-order chi connectivity index (χ0) is 20.6. The third kappa shape index (κ3) is 5.25. The first kappa shape index (κ1) is 19.7. The molecule has 0 unspecified atom stereocenters. The first-order valence-electron chi connectivity index (χ1n) is 8.84. The second-order valence-electron chi connectivity index (χ2n) is 5.90. The molecule has 0 spiro atoms. The summed E-state index contributed by atoms with van der Waals surface area (Å²) in [6.07, 6.45) is 4.39. The van der Waals surface area contributed by atoms with Crippen molar-refractivity contribution in [3.05, 3.63) is 72.4 Å². The third-order valence-electron chi connectivity index (χ3n) is 3.79. The highest BCUT2D eigenvalue weighted by atomic mass is 19.1. The molecule has 0 fully saturated rings. The number of carbonyl (C=O) groups excluding carboxylic acids is 2. The van der Waals surface area contributed by atoms with E-state index in [1.165, 1.54) is 30.6 Å². The van der Waals surface area contributed by atoms with Crippen molar-refractivity contribution in [2.45, 2.75) is 6.92 Å². The fraction of sp³-hybridized carbons (Fsp3) is 0.100. The van der Waals surface area contributed by atoms with Crippen molar-refractivity contribution in [1.29, 1.82) is 0 Å². The molecule has 29 heavy (non-hydrogen) atoms. The Bertz CT molecular complexity index is 1010. The molecule has 0 radical (unpaired) electrons. The lowest BCUT2D eigenvalue weighted by Gasteiger charge is -2.14. The average molecular weight is 394 g/mol. The third-order valence-corrected chi connectivity index (χ3v) is 3.79. The number of aromatic nitrogens is 2. The van der Waals surface area contributed by atoms with Crippen LogP contribution in [0.25, 0.3) is 0 Å². The number of rotatable bonds is 6. The zero-order valence-corrected chi connectivity index (χ0v) is 15.6. The highest BCUT2D eigenvalue weighted by molar-refractivity contribution is 6.08. The van der Waals surface area contributed by atoms with E-state index in [1.807, 2.05) is 0 Å². The van der Waals surface area contributed by atoms with E-state index >= 15 is 0 Å². The topological polar surface area (TPSA) is 108 Å². The molecule has 9 heteroatoms. The minimum atomic E-state index is -0.485. The monoisotopic (exact) mass is 394 g/mol. The molecular formula is C20H19FN6O2. The van der Waals surface area contributed by atoms with E-state index in [2.05, 4.69) is 31.2 Å². The standard InChI is InChI=1S/C20H19FN6O2/c1-2-23-20(29)27-18-10-17(26-16-8-4-3-7-15(16)21)14(12-24-18)19(28)25-13-6-5-9-22-11-13/h3-12H,2H2,1H3,(H,25,28)(H3,23,24,26,27,29). The maximum atomic E-state index is 14.1. The van der Waals surface area contributed by atoms with E-state index in [1.54, 1.807) is 37.4 Å². The van der Waals surface area contributed by atoms with E-state index in [0.717, 1.165) is 0 Å². The van der Waals surface area contributed by atoms with E-state index < -0.39 is 17.8 Å². The van der Waals surface area contributed by atoms with Crippen LogP contribution in [0.1, 0.15) is 17.3 Å². The maximum Gasteiger partial charge on any atom is 0.320 e. The Morgan fingerprint density at radius 2 is 1.86 bits per heavy atom. The molecule has 0 aliphatic carbocycles. The predicted molar refractivity (Wildman–Crippen MR) is 109 cm³/mol. The van der Waals surface area contributed by atoms with Crippen LogP contribution in [0.15, 0.2) is 61.1 Å². The molecule has 0 aliphatic heterocycles. The highest BCUT2D eigenvalue weighted by Gasteiger charge is 2.16. The second-order valence-corrected chi connectivity index (χ2v) is 5.90. The van der Waals surface area contributed by atoms with Crippen molar-refractivity contribution in [3.8, 4) is 0 Å². The van der Waals surface area contributed by atoms with E-state index in [4.69, 9.17) is 0 Å². The van der Waals surface area contributed by atoms with Crippen LogP contribution in [0.5, 0.6) is 0 Å². The van der Waals surface area contributed by atoms with Crippen molar-refractivity contribution in [1.82, 2.24) is 15.3 Å². The van der Waals surface area contributed by atoms with Gasteiger partial charge in [0.1, 0.15) is 11.6 Å². The van der Waals surface area contributed by atoms with Gasteiger partial charge >= 0.3 is 6.03 Å². The number of hydrogen-bond donors (Lipinski definition) is 4. The van der Waals surface area contributed by atoms with Crippen molar-refractivity contribution < 1.29 is 14.0 Å². The van der Waals surface area contributed by atoms with Gasteiger partial charge in [-0.15, -0.1) is 0 Å². The quantitative estimate of drug-likeness (QED) is 0.509. The van der Waals surface area contributed by atoms with Crippen molar-refractivity contribution >= 4 is 34.8 Å². The van der Waals surface area contributed by atoms with Crippen LogP contribution in [0, 0.1) is 5.82 Å². The molecule has 2 aromatic heterocycles. The summed E-state index contributed by atoms with van der Waals surface area (Å²) in [5.41, 5.74) is 1.12. The molecule has 3 amide bonds. The van der Waals surface area contributed by atoms with Gasteiger partial charge in [0.05, 0.1) is 28.8 Å². The Labute approximate surface area is 166 Å². The highest BCUT2D eigenvalue weighted by Crippen LogP contribution is 2.25. The molecule has 1 aromatic carbocycles. The Morgan fingerprint density at radius 1 is 1.03 bits per heavy atom. The van der Waals surface area contributed by atoms with Crippen LogP contribution in [0.2, 0.25) is 0 Å². The summed E-state index contributed by atoms with van der Waals surface area (Å²) in [7, 11) is 0. The fourth-order valence-electron chi connectivity index (χ4n) is 2.47. The lowest BCUT2D eigenvalue weighted by molar-refractivity contribution is 0.102. The average Bonchev–Trinajstić information content (AvgIpc) is 2.71. The summed E-state index contributed by atoms with van der Waals surface area (Å²) < 4.78 is 14.1. The van der Waals surface area contributed by atoms with Crippen LogP contribution in [0.3, 0.4) is 0 Å². The number of nitrogens with one attached hydrogen (secondary N) is 4. The minimum Gasteiger partial charge on any atom is -0.352 e. The number of urea groups is 1. The van der Waals surface area contributed by atoms with Gasteiger partial charge in [-0.3, -0.25) is 15.1 Å². The number of para-hydroxylation sites is 1. The number of hydrogen-bond acceptors (Lipinski definition) is 5. The zero-order valence-electron chi connectivity index (χ0n) is 15.6. The lowest BCUT2D eigenvalue weighted by Crippen LogP contribution is -2.28. The van der Waals surface area contributed by atoms with Gasteiger partial charge in [-0.05, 0) is 31.2 Å². The molecule has 0 atom stereocenters. The summed E-state index contributed by atoms with van der Waals surface area (Å²) in [5.74, 6) is -0.747. The van der Waals surface area contributed by atoms with Crippen molar-refractivity contribution in [3.63, 3.8) is 0 Å². The van der Waals surface area contributed by atoms with Crippen LogP contribution >= 0.6 is 0 Å². The SMILES string of the molecule is CCNC(=O)Nc1cc(Nc2ccccc2F)c(C(=O)Nc2cccnc2)cn1. The van der Waals surface area contributed by atoms with Gasteiger partial charge in [0.25, 0.3) is 5.91 Å². The number of anilines is 4. The minimum absolute atomic E-state index is 0.165. The fourth-order valence-corrected chi connectivity index (χ4v) is 2.47. The van der Waals surface area contributed by atoms with Crippen molar-refractivity contribution in [2.75, 3.05) is 22.5 Å². The van der Waals surface area contributed by atoms with Crippen LogP contribution < -0.4 is 21.3 Å². The van der Waals surface area contributed by atoms with E-state index in [0.29, 0.717) is 12.2 Å². The molecule has 0 saturated carbocycles. The van der Waals surface area contributed by atoms with Gasteiger partial charge in [-0.25, -0.2) is 14.2 Å². The van der Waals surface area contributed by atoms with Gasteiger partial charge in [-0.2, -0.15) is 0 Å². The molecule has 0 bridgehead atoms. The lowest BCUT2D eigenvalue weighted by atomic mass is 10.2. The summed E-state index contributed by atoms with van der Waals surface area (Å²) in [4.78, 5) is 32.6. The second kappa shape index (κ2) is 9.27. The Hall–Kier alpha value is -4.01. The predicted octanol–water partition coefficient (Wildman–Crippen LogP) is 3.75. The van der Waals surface area contributed by atoms with Gasteiger partial charge < -0.3 is 16.0 Å². The van der Waals surface area contributed by atoms with E-state index in [9.17, 15) is 14.0 Å². The number of carbonyl (C=O) groups is 2. The summed E-state index contributed by atoms with van der Waals surface area (Å²) in [6, 6.07) is 10.5. The number of pyridine rings is 2. The van der Waals surface area contributed by atoms with Crippen LogP contribution in [0.4, 0.5) is 32.1 Å². The van der Waals surface area contributed by atoms with Crippen LogP contribution in [-0.4, -0.2) is 28.5 Å². The molecule has 148 valence electrons. The molecule has 8 nitrogen and oxygen atoms in total. The first-order chi connectivity index (χ1) is 14.1. The first-order valence-corrected chi connectivity index (χ1v) is 8.84. The van der Waals surface area contributed by atoms with Gasteiger partial charge in [0.15, 0.2) is 0 Å². The van der Waals surface area contributed by atoms with Crippen LogP contribution in [-0.2, 0) is 0 Å². The molecule has 0 aliphatic rings. The smallest absolute Gasteiger partial charge is 0.320 e. The molecule has 0 saturated heterocycles. The van der Waals surface area contributed by atoms with Gasteiger partial charge in [-0.1, -0.05) is 12.1 Å².